The number of aromatic nitrogens is 2. The summed E-state index contributed by atoms with van der Waals surface area (Å²) in [5.41, 5.74) is 3.13. The topological polar surface area (TPSA) is 97.0 Å². The Kier molecular flexibility index (Phi) is 5.25. The van der Waals surface area contributed by atoms with Gasteiger partial charge in [0.1, 0.15) is 24.1 Å². The summed E-state index contributed by atoms with van der Waals surface area (Å²) in [5, 5.41) is 31.9. The number of aryl methyl sites for hydroxylation is 2. The summed E-state index contributed by atoms with van der Waals surface area (Å²) in [6, 6.07) is 7.78. The number of aliphatic hydroxyl groups is 3. The second-order valence-electron chi connectivity index (χ2n) is 7.34. The van der Waals surface area contributed by atoms with Crippen molar-refractivity contribution in [3.8, 4) is 5.75 Å². The van der Waals surface area contributed by atoms with Crippen LogP contribution in [0, 0.1) is 6.92 Å². The fourth-order valence-electron chi connectivity index (χ4n) is 3.84. The minimum Gasteiger partial charge on any atom is -0.462 e. The number of aliphatic hydroxyl groups excluding tert-OH is 3. The van der Waals surface area contributed by atoms with E-state index in [-0.39, 0.29) is 6.61 Å². The summed E-state index contributed by atoms with van der Waals surface area (Å²) in [6.07, 6.45) is -0.822. The lowest BCUT2D eigenvalue weighted by Gasteiger charge is -2.34. The SMILES string of the molecule is CCCCn1c2cc(OC3OC[C@H](O)[C@@H](O)[C@@H]3O)ccc2c2ccnc(C)c21. The Labute approximate surface area is 163 Å². The Morgan fingerprint density at radius 2 is 2.00 bits per heavy atom. The third kappa shape index (κ3) is 3.24. The van der Waals surface area contributed by atoms with Crippen molar-refractivity contribution in [3.63, 3.8) is 0 Å². The predicted molar refractivity (Wildman–Crippen MR) is 105 cm³/mol. The summed E-state index contributed by atoms with van der Waals surface area (Å²) in [5.74, 6) is 0.534. The number of rotatable bonds is 5. The zero-order valence-corrected chi connectivity index (χ0v) is 16.1. The van der Waals surface area contributed by atoms with Gasteiger partial charge in [0.25, 0.3) is 0 Å². The van der Waals surface area contributed by atoms with Gasteiger partial charge >= 0.3 is 0 Å². The highest BCUT2D eigenvalue weighted by Gasteiger charge is 2.39. The van der Waals surface area contributed by atoms with E-state index in [0.29, 0.717) is 5.75 Å². The molecule has 1 fully saturated rings. The molecule has 3 N–H and O–H groups in total. The van der Waals surface area contributed by atoms with Crippen molar-refractivity contribution in [1.29, 1.82) is 0 Å². The van der Waals surface area contributed by atoms with E-state index >= 15 is 0 Å². The normalized spacial score (nSPS) is 25.5. The van der Waals surface area contributed by atoms with E-state index in [4.69, 9.17) is 9.47 Å². The van der Waals surface area contributed by atoms with Gasteiger partial charge in [-0.25, -0.2) is 0 Å². The molecule has 0 saturated carbocycles. The number of benzene rings is 1. The van der Waals surface area contributed by atoms with Gasteiger partial charge in [-0.1, -0.05) is 13.3 Å². The standard InChI is InChI=1S/C21H26N2O5/c1-3-4-9-23-16-10-13(28-21-20(26)19(25)17(24)11-27-21)5-6-14(16)15-7-8-22-12(2)18(15)23/h5-8,10,17,19-21,24-26H,3-4,9,11H2,1-2H3/t17-,19+,20-,21?/m0/s1. The lowest BCUT2D eigenvalue weighted by Crippen LogP contribution is -2.54. The van der Waals surface area contributed by atoms with Crippen molar-refractivity contribution in [1.82, 2.24) is 9.55 Å². The average Bonchev–Trinajstić information content (AvgIpc) is 3.01. The molecule has 4 atom stereocenters. The van der Waals surface area contributed by atoms with Crippen LogP contribution >= 0.6 is 0 Å². The van der Waals surface area contributed by atoms with E-state index in [2.05, 4.69) is 16.5 Å². The number of hydrogen-bond acceptors (Lipinski definition) is 6. The molecular formula is C21H26N2O5. The van der Waals surface area contributed by atoms with Crippen LogP contribution < -0.4 is 4.74 Å². The molecule has 0 bridgehead atoms. The molecule has 0 spiro atoms. The zero-order valence-electron chi connectivity index (χ0n) is 16.1. The molecule has 1 unspecified atom stereocenters. The Bertz CT molecular complexity index is 986. The van der Waals surface area contributed by atoms with Crippen molar-refractivity contribution >= 4 is 21.8 Å². The summed E-state index contributed by atoms with van der Waals surface area (Å²) in [7, 11) is 0. The van der Waals surface area contributed by atoms with Gasteiger partial charge in [-0.2, -0.15) is 0 Å². The quantitative estimate of drug-likeness (QED) is 0.622. The van der Waals surface area contributed by atoms with Crippen molar-refractivity contribution < 1.29 is 24.8 Å². The van der Waals surface area contributed by atoms with Gasteiger partial charge in [-0.15, -0.1) is 0 Å². The molecule has 1 aromatic carbocycles. The summed E-state index contributed by atoms with van der Waals surface area (Å²) in [4.78, 5) is 4.46. The van der Waals surface area contributed by atoms with Gasteiger partial charge in [-0.3, -0.25) is 4.98 Å². The minimum atomic E-state index is -1.32. The molecule has 3 heterocycles. The molecule has 0 aliphatic carbocycles. The maximum absolute atomic E-state index is 10.1. The molecule has 2 aromatic heterocycles. The Hall–Kier alpha value is -2.19. The third-order valence-corrected chi connectivity index (χ3v) is 5.37. The van der Waals surface area contributed by atoms with Crippen molar-refractivity contribution in [3.05, 3.63) is 36.2 Å². The van der Waals surface area contributed by atoms with Gasteiger partial charge < -0.3 is 29.4 Å². The van der Waals surface area contributed by atoms with Gasteiger partial charge in [0.15, 0.2) is 0 Å². The lowest BCUT2D eigenvalue weighted by atomic mass is 10.1. The first-order valence-corrected chi connectivity index (χ1v) is 9.71. The molecule has 28 heavy (non-hydrogen) atoms. The van der Waals surface area contributed by atoms with E-state index < -0.39 is 24.6 Å². The van der Waals surface area contributed by atoms with Crippen LogP contribution in [0.25, 0.3) is 21.8 Å². The highest BCUT2D eigenvalue weighted by atomic mass is 16.7. The molecule has 0 amide bonds. The number of hydrogen-bond donors (Lipinski definition) is 3. The Balaban J connectivity index is 1.74. The van der Waals surface area contributed by atoms with Crippen LogP contribution in [0.3, 0.4) is 0 Å². The number of ether oxygens (including phenoxy) is 2. The van der Waals surface area contributed by atoms with Gasteiger partial charge in [0.05, 0.1) is 23.3 Å². The molecule has 7 nitrogen and oxygen atoms in total. The number of fused-ring (bicyclic) bond motifs is 3. The van der Waals surface area contributed by atoms with E-state index in [1.807, 2.05) is 37.4 Å². The van der Waals surface area contributed by atoms with E-state index in [0.717, 1.165) is 46.9 Å². The average molecular weight is 386 g/mol. The number of pyridine rings is 1. The summed E-state index contributed by atoms with van der Waals surface area (Å²) in [6.45, 7) is 4.96. The Morgan fingerprint density at radius 1 is 1.18 bits per heavy atom. The van der Waals surface area contributed by atoms with Crippen molar-refractivity contribution in [2.75, 3.05) is 6.61 Å². The minimum absolute atomic E-state index is 0.0905. The van der Waals surface area contributed by atoms with Crippen LogP contribution in [0.2, 0.25) is 0 Å². The largest absolute Gasteiger partial charge is 0.462 e. The second kappa shape index (κ2) is 7.67. The molecule has 0 radical (unpaired) electrons. The molecule has 4 rings (SSSR count). The molecule has 1 saturated heterocycles. The van der Waals surface area contributed by atoms with E-state index in [1.54, 1.807) is 0 Å². The maximum atomic E-state index is 10.1. The molecule has 150 valence electrons. The van der Waals surface area contributed by atoms with Crippen LogP contribution in [-0.2, 0) is 11.3 Å². The van der Waals surface area contributed by atoms with Crippen molar-refractivity contribution in [2.45, 2.75) is 57.8 Å². The first-order chi connectivity index (χ1) is 13.5. The summed E-state index contributed by atoms with van der Waals surface area (Å²) >= 11 is 0. The molecule has 1 aliphatic rings. The van der Waals surface area contributed by atoms with Crippen molar-refractivity contribution in [2.24, 2.45) is 0 Å². The lowest BCUT2D eigenvalue weighted by molar-refractivity contribution is -0.242. The first-order valence-electron chi connectivity index (χ1n) is 9.71. The van der Waals surface area contributed by atoms with Gasteiger partial charge in [0.2, 0.25) is 6.29 Å². The van der Waals surface area contributed by atoms with E-state index in [1.165, 1.54) is 0 Å². The monoisotopic (exact) mass is 386 g/mol. The molecule has 1 aliphatic heterocycles. The third-order valence-electron chi connectivity index (χ3n) is 5.37. The maximum Gasteiger partial charge on any atom is 0.228 e. The fourth-order valence-corrected chi connectivity index (χ4v) is 3.84. The Morgan fingerprint density at radius 3 is 2.79 bits per heavy atom. The van der Waals surface area contributed by atoms with Gasteiger partial charge in [0, 0.05) is 29.6 Å². The van der Waals surface area contributed by atoms with Crippen LogP contribution in [0.5, 0.6) is 5.75 Å². The smallest absolute Gasteiger partial charge is 0.228 e. The molecule has 3 aromatic rings. The fraction of sp³-hybridized carbons (Fsp3) is 0.476. The van der Waals surface area contributed by atoms with Crippen LogP contribution in [0.1, 0.15) is 25.5 Å². The molecule has 7 heteroatoms. The summed E-state index contributed by atoms with van der Waals surface area (Å²) < 4.78 is 13.4. The van der Waals surface area contributed by atoms with E-state index in [9.17, 15) is 15.3 Å². The van der Waals surface area contributed by atoms with Crippen LogP contribution in [-0.4, -0.2) is 56.1 Å². The zero-order chi connectivity index (χ0) is 19.8. The second-order valence-corrected chi connectivity index (χ2v) is 7.34. The first kappa shape index (κ1) is 19.1. The highest BCUT2D eigenvalue weighted by molar-refractivity contribution is 6.09. The predicted octanol–water partition coefficient (Wildman–Crippen LogP) is 2.12. The van der Waals surface area contributed by atoms with Crippen LogP contribution in [0.15, 0.2) is 30.5 Å². The van der Waals surface area contributed by atoms with Gasteiger partial charge in [-0.05, 0) is 31.5 Å². The van der Waals surface area contributed by atoms with Crippen LogP contribution in [0.4, 0.5) is 0 Å². The number of unbranched alkanes of at least 4 members (excludes halogenated alkanes) is 1. The molecular weight excluding hydrogens is 360 g/mol. The number of nitrogens with zero attached hydrogens (tertiary/aromatic N) is 2. The highest BCUT2D eigenvalue weighted by Crippen LogP contribution is 2.33.